The number of hydrogen-bond donors (Lipinski definition) is 1. The van der Waals surface area contributed by atoms with Crippen molar-refractivity contribution in [2.75, 3.05) is 26.2 Å². The highest BCUT2D eigenvalue weighted by Gasteiger charge is 2.29. The maximum Gasteiger partial charge on any atom is 0.272 e. The van der Waals surface area contributed by atoms with Crippen LogP contribution in [0.3, 0.4) is 0 Å². The van der Waals surface area contributed by atoms with E-state index in [4.69, 9.17) is 0 Å². The molecule has 5 rings (SSSR count). The molecule has 0 atom stereocenters. The van der Waals surface area contributed by atoms with Gasteiger partial charge in [0.15, 0.2) is 11.6 Å². The Morgan fingerprint density at radius 3 is 2.37 bits per heavy atom. The van der Waals surface area contributed by atoms with Gasteiger partial charge in [0.05, 0.1) is 16.6 Å². The second kappa shape index (κ2) is 10.2. The molecule has 1 aliphatic heterocycles. The molecule has 1 saturated heterocycles. The monoisotopic (exact) mass is 480 g/mol. The smallest absolute Gasteiger partial charge is 0.272 e. The lowest BCUT2D eigenvalue weighted by Gasteiger charge is -2.39. The Balaban J connectivity index is 1.34. The third-order valence-electron chi connectivity index (χ3n) is 7.41. The Labute approximate surface area is 202 Å². The van der Waals surface area contributed by atoms with Crippen LogP contribution in [0.2, 0.25) is 0 Å². The second-order valence-electron chi connectivity index (χ2n) is 9.63. The summed E-state index contributed by atoms with van der Waals surface area (Å²) >= 11 is 0. The standard InChI is InChI=1S/C27H30F2N4O2/c28-23-16-18(17-24-20-9-5-6-10-21(20)26(34)31-30-24)15-22(25(23)29)27(35)33-13-11-32(12-14-33)19-7-3-1-2-4-8-19/h5-6,9-10,15-16,19H,1-4,7-8,11-14,17H2,(H,31,34). The highest BCUT2D eigenvalue weighted by atomic mass is 19.2. The summed E-state index contributed by atoms with van der Waals surface area (Å²) < 4.78 is 29.3. The lowest BCUT2D eigenvalue weighted by molar-refractivity contribution is 0.0546. The van der Waals surface area contributed by atoms with Gasteiger partial charge in [-0.15, -0.1) is 0 Å². The summed E-state index contributed by atoms with van der Waals surface area (Å²) in [4.78, 5) is 29.4. The molecule has 1 aromatic heterocycles. The van der Waals surface area contributed by atoms with Crippen LogP contribution >= 0.6 is 0 Å². The molecule has 1 N–H and O–H groups in total. The number of nitrogens with one attached hydrogen (secondary N) is 1. The van der Waals surface area contributed by atoms with E-state index in [1.165, 1.54) is 44.6 Å². The average molecular weight is 481 g/mol. The third-order valence-corrected chi connectivity index (χ3v) is 7.41. The maximum atomic E-state index is 14.7. The van der Waals surface area contributed by atoms with Gasteiger partial charge in [-0.2, -0.15) is 5.10 Å². The van der Waals surface area contributed by atoms with E-state index >= 15 is 0 Å². The zero-order chi connectivity index (χ0) is 24.4. The minimum atomic E-state index is -1.12. The van der Waals surface area contributed by atoms with E-state index < -0.39 is 17.5 Å². The van der Waals surface area contributed by atoms with Gasteiger partial charge in [0.25, 0.3) is 11.5 Å². The van der Waals surface area contributed by atoms with E-state index in [2.05, 4.69) is 15.1 Å². The van der Waals surface area contributed by atoms with Gasteiger partial charge in [-0.3, -0.25) is 14.5 Å². The predicted molar refractivity (Wildman–Crippen MR) is 130 cm³/mol. The quantitative estimate of drug-likeness (QED) is 0.567. The molecule has 35 heavy (non-hydrogen) atoms. The Morgan fingerprint density at radius 2 is 1.66 bits per heavy atom. The van der Waals surface area contributed by atoms with Crippen LogP contribution in [0.1, 0.15) is 60.1 Å². The van der Waals surface area contributed by atoms with E-state index in [9.17, 15) is 18.4 Å². The molecule has 184 valence electrons. The first-order valence-corrected chi connectivity index (χ1v) is 12.5. The zero-order valence-electron chi connectivity index (χ0n) is 19.7. The summed E-state index contributed by atoms with van der Waals surface area (Å²) in [6.45, 7) is 2.53. The van der Waals surface area contributed by atoms with Crippen LogP contribution in [-0.4, -0.2) is 58.1 Å². The number of amides is 1. The van der Waals surface area contributed by atoms with Crippen molar-refractivity contribution in [3.63, 3.8) is 0 Å². The molecule has 1 aliphatic carbocycles. The fourth-order valence-electron chi connectivity index (χ4n) is 5.49. The molecule has 1 amide bonds. The van der Waals surface area contributed by atoms with Crippen LogP contribution in [0.15, 0.2) is 41.2 Å². The van der Waals surface area contributed by atoms with Gasteiger partial charge in [-0.25, -0.2) is 13.9 Å². The highest BCUT2D eigenvalue weighted by Crippen LogP contribution is 2.25. The number of H-pyrrole nitrogens is 1. The summed E-state index contributed by atoms with van der Waals surface area (Å²) in [6.07, 6.45) is 7.64. The first-order chi connectivity index (χ1) is 17.0. The first kappa shape index (κ1) is 23.6. The predicted octanol–water partition coefficient (Wildman–Crippen LogP) is 4.27. The van der Waals surface area contributed by atoms with Crippen LogP contribution < -0.4 is 5.56 Å². The average Bonchev–Trinajstić information content (AvgIpc) is 3.17. The maximum absolute atomic E-state index is 14.7. The van der Waals surface area contributed by atoms with Gasteiger partial charge in [0, 0.05) is 44.0 Å². The molecule has 8 heteroatoms. The van der Waals surface area contributed by atoms with E-state index in [0.717, 1.165) is 19.2 Å². The Morgan fingerprint density at radius 1 is 0.971 bits per heavy atom. The number of nitrogens with zero attached hydrogens (tertiary/aromatic N) is 3. The Hall–Kier alpha value is -3.13. The topological polar surface area (TPSA) is 69.3 Å². The minimum absolute atomic E-state index is 0.157. The summed E-state index contributed by atoms with van der Waals surface area (Å²) in [5.41, 5.74) is 0.390. The summed E-state index contributed by atoms with van der Waals surface area (Å²) in [5.74, 6) is -2.66. The van der Waals surface area contributed by atoms with Crippen molar-refractivity contribution in [2.45, 2.75) is 51.0 Å². The molecule has 2 aliphatic rings. The van der Waals surface area contributed by atoms with E-state index in [-0.39, 0.29) is 17.5 Å². The normalized spacial score (nSPS) is 18.1. The van der Waals surface area contributed by atoms with E-state index in [1.54, 1.807) is 29.2 Å². The van der Waals surface area contributed by atoms with Gasteiger partial charge in [-0.05, 0) is 36.6 Å². The first-order valence-electron chi connectivity index (χ1n) is 12.5. The fourth-order valence-corrected chi connectivity index (χ4v) is 5.49. The van der Waals surface area contributed by atoms with Gasteiger partial charge in [0.1, 0.15) is 0 Å². The summed E-state index contributed by atoms with van der Waals surface area (Å²) in [6, 6.07) is 10.1. The van der Waals surface area contributed by atoms with Crippen molar-refractivity contribution in [3.05, 3.63) is 75.2 Å². The SMILES string of the molecule is O=C(c1cc(Cc2n[nH]c(=O)c3ccccc23)cc(F)c1F)N1CCN(C2CCCCCC2)CC1. The molecule has 0 unspecified atom stereocenters. The number of fused-ring (bicyclic) bond motifs is 1. The number of aromatic nitrogens is 2. The molecule has 2 heterocycles. The Kier molecular flexibility index (Phi) is 6.90. The third kappa shape index (κ3) is 4.98. The van der Waals surface area contributed by atoms with E-state index in [1.807, 2.05) is 0 Å². The molecule has 0 radical (unpaired) electrons. The van der Waals surface area contributed by atoms with Gasteiger partial charge < -0.3 is 4.90 Å². The van der Waals surface area contributed by atoms with Gasteiger partial charge in [0.2, 0.25) is 0 Å². The molecular formula is C27H30F2N4O2. The van der Waals surface area contributed by atoms with Crippen LogP contribution in [0.5, 0.6) is 0 Å². The number of halogens is 2. The lowest BCUT2D eigenvalue weighted by atomic mass is 10.0. The van der Waals surface area contributed by atoms with Gasteiger partial charge >= 0.3 is 0 Å². The van der Waals surface area contributed by atoms with Crippen molar-refractivity contribution in [1.82, 2.24) is 20.0 Å². The molecule has 2 fully saturated rings. The number of hydrogen-bond acceptors (Lipinski definition) is 4. The number of aromatic amines is 1. The lowest BCUT2D eigenvalue weighted by Crippen LogP contribution is -2.52. The van der Waals surface area contributed by atoms with Crippen molar-refractivity contribution in [3.8, 4) is 0 Å². The van der Waals surface area contributed by atoms with Crippen molar-refractivity contribution in [2.24, 2.45) is 0 Å². The van der Waals surface area contributed by atoms with Crippen molar-refractivity contribution in [1.29, 1.82) is 0 Å². The number of piperazine rings is 1. The molecule has 2 aromatic carbocycles. The minimum Gasteiger partial charge on any atom is -0.336 e. The number of rotatable bonds is 4. The van der Waals surface area contributed by atoms with Crippen LogP contribution in [0, 0.1) is 11.6 Å². The largest absolute Gasteiger partial charge is 0.336 e. The van der Waals surface area contributed by atoms with E-state index in [0.29, 0.717) is 41.2 Å². The van der Waals surface area contributed by atoms with Crippen LogP contribution in [0.4, 0.5) is 8.78 Å². The molecule has 3 aromatic rings. The molecule has 0 bridgehead atoms. The second-order valence-corrected chi connectivity index (χ2v) is 9.63. The number of carbonyl (C=O) groups excluding carboxylic acids is 1. The summed E-state index contributed by atoms with van der Waals surface area (Å²) in [5, 5.41) is 7.70. The van der Waals surface area contributed by atoms with Crippen LogP contribution in [-0.2, 0) is 6.42 Å². The zero-order valence-corrected chi connectivity index (χ0v) is 19.7. The fraction of sp³-hybridized carbons (Fsp3) is 0.444. The van der Waals surface area contributed by atoms with Crippen molar-refractivity contribution < 1.29 is 13.6 Å². The molecular weight excluding hydrogens is 450 g/mol. The van der Waals surface area contributed by atoms with Gasteiger partial charge in [-0.1, -0.05) is 43.9 Å². The molecule has 0 spiro atoms. The molecule has 1 saturated carbocycles. The summed E-state index contributed by atoms with van der Waals surface area (Å²) in [7, 11) is 0. The van der Waals surface area contributed by atoms with Crippen LogP contribution in [0.25, 0.3) is 10.8 Å². The van der Waals surface area contributed by atoms with Crippen molar-refractivity contribution >= 4 is 16.7 Å². The highest BCUT2D eigenvalue weighted by molar-refractivity contribution is 5.95. The molecule has 6 nitrogen and oxygen atoms in total. The Bertz CT molecular complexity index is 1280. The number of carbonyl (C=O) groups is 1. The number of benzene rings is 2.